The van der Waals surface area contributed by atoms with Gasteiger partial charge >= 0.3 is 0 Å². The van der Waals surface area contributed by atoms with Crippen molar-refractivity contribution in [3.05, 3.63) is 89.5 Å². The van der Waals surface area contributed by atoms with Crippen molar-refractivity contribution < 1.29 is 9.90 Å². The Morgan fingerprint density at radius 1 is 1.03 bits per heavy atom. The molecular formula is C28H28N4O2. The SMILES string of the molecule is CCN(CC)c1ccc(/C=N/NC(=O)c2cc(-c3ccc(C)cc3)nc3ccccc23)c(O)c1. The van der Waals surface area contributed by atoms with Gasteiger partial charge in [0, 0.05) is 41.4 Å². The molecule has 0 radical (unpaired) electrons. The minimum Gasteiger partial charge on any atom is -0.507 e. The maximum atomic E-state index is 13.1. The number of hydrogen-bond acceptors (Lipinski definition) is 5. The zero-order valence-electron chi connectivity index (χ0n) is 19.6. The van der Waals surface area contributed by atoms with Gasteiger partial charge in [-0.3, -0.25) is 4.79 Å². The second-order valence-corrected chi connectivity index (χ2v) is 8.05. The van der Waals surface area contributed by atoms with E-state index in [9.17, 15) is 9.90 Å². The van der Waals surface area contributed by atoms with Crippen LogP contribution in [0.2, 0.25) is 0 Å². The first-order chi connectivity index (χ1) is 16.5. The van der Waals surface area contributed by atoms with Gasteiger partial charge in [-0.1, -0.05) is 48.0 Å². The van der Waals surface area contributed by atoms with Gasteiger partial charge in [0.2, 0.25) is 0 Å². The van der Waals surface area contributed by atoms with Crippen molar-refractivity contribution >= 4 is 28.7 Å². The number of phenolic OH excluding ortho intramolecular Hbond substituents is 1. The highest BCUT2D eigenvalue weighted by Gasteiger charge is 2.14. The van der Waals surface area contributed by atoms with Gasteiger partial charge in [0.25, 0.3) is 5.91 Å². The van der Waals surface area contributed by atoms with Crippen LogP contribution in [0.3, 0.4) is 0 Å². The van der Waals surface area contributed by atoms with Crippen molar-refractivity contribution in [3.8, 4) is 17.0 Å². The van der Waals surface area contributed by atoms with Crippen molar-refractivity contribution in [1.29, 1.82) is 0 Å². The number of carbonyl (C=O) groups is 1. The number of rotatable bonds is 7. The topological polar surface area (TPSA) is 77.8 Å². The maximum Gasteiger partial charge on any atom is 0.272 e. The van der Waals surface area contributed by atoms with Crippen LogP contribution in [0.1, 0.15) is 35.3 Å². The summed E-state index contributed by atoms with van der Waals surface area (Å²) in [6, 6.07) is 22.8. The van der Waals surface area contributed by atoms with Crippen molar-refractivity contribution in [2.75, 3.05) is 18.0 Å². The minimum atomic E-state index is -0.345. The number of amides is 1. The smallest absolute Gasteiger partial charge is 0.272 e. The number of carbonyl (C=O) groups excluding carboxylic acids is 1. The van der Waals surface area contributed by atoms with Crippen LogP contribution in [0.5, 0.6) is 5.75 Å². The molecule has 0 atom stereocenters. The molecule has 0 aliphatic rings. The Bertz CT molecular complexity index is 1340. The number of benzene rings is 3. The Balaban J connectivity index is 1.59. The summed E-state index contributed by atoms with van der Waals surface area (Å²) in [5.74, 6) is -0.235. The van der Waals surface area contributed by atoms with E-state index in [1.807, 2.05) is 61.5 Å². The molecule has 0 saturated carbocycles. The van der Waals surface area contributed by atoms with Gasteiger partial charge in [-0.2, -0.15) is 5.10 Å². The van der Waals surface area contributed by atoms with E-state index in [-0.39, 0.29) is 11.7 Å². The lowest BCUT2D eigenvalue weighted by Crippen LogP contribution is -2.21. The lowest BCUT2D eigenvalue weighted by molar-refractivity contribution is 0.0956. The van der Waals surface area contributed by atoms with Gasteiger partial charge < -0.3 is 10.0 Å². The lowest BCUT2D eigenvalue weighted by atomic mass is 10.0. The molecule has 4 aromatic rings. The number of anilines is 1. The van der Waals surface area contributed by atoms with Crippen LogP contribution in [0.4, 0.5) is 5.69 Å². The van der Waals surface area contributed by atoms with Crippen LogP contribution in [0.15, 0.2) is 77.9 Å². The molecule has 34 heavy (non-hydrogen) atoms. The van der Waals surface area contributed by atoms with Crippen LogP contribution in [-0.4, -0.2) is 35.3 Å². The van der Waals surface area contributed by atoms with Crippen LogP contribution < -0.4 is 10.3 Å². The van der Waals surface area contributed by atoms with Crippen LogP contribution in [0.25, 0.3) is 22.2 Å². The molecule has 2 N–H and O–H groups in total. The van der Waals surface area contributed by atoms with E-state index in [0.29, 0.717) is 11.1 Å². The largest absolute Gasteiger partial charge is 0.507 e. The zero-order chi connectivity index (χ0) is 24.1. The van der Waals surface area contributed by atoms with Crippen LogP contribution >= 0.6 is 0 Å². The first-order valence-electron chi connectivity index (χ1n) is 11.4. The fourth-order valence-corrected chi connectivity index (χ4v) is 3.88. The highest BCUT2D eigenvalue weighted by molar-refractivity contribution is 6.07. The van der Waals surface area contributed by atoms with E-state index in [2.05, 4.69) is 29.3 Å². The molecule has 6 heteroatoms. The molecule has 172 valence electrons. The molecule has 3 aromatic carbocycles. The van der Waals surface area contributed by atoms with Crippen molar-refractivity contribution in [2.45, 2.75) is 20.8 Å². The van der Waals surface area contributed by atoms with Gasteiger partial charge in [-0.25, -0.2) is 10.4 Å². The summed E-state index contributed by atoms with van der Waals surface area (Å²) in [5, 5.41) is 15.2. The summed E-state index contributed by atoms with van der Waals surface area (Å²) >= 11 is 0. The van der Waals surface area contributed by atoms with Crippen molar-refractivity contribution in [1.82, 2.24) is 10.4 Å². The molecule has 6 nitrogen and oxygen atoms in total. The van der Waals surface area contributed by atoms with E-state index in [0.717, 1.165) is 46.5 Å². The third-order valence-corrected chi connectivity index (χ3v) is 5.82. The van der Waals surface area contributed by atoms with E-state index < -0.39 is 0 Å². The quantitative estimate of drug-likeness (QED) is 0.286. The van der Waals surface area contributed by atoms with E-state index in [1.54, 1.807) is 18.2 Å². The van der Waals surface area contributed by atoms with Crippen LogP contribution in [-0.2, 0) is 0 Å². The first-order valence-corrected chi connectivity index (χ1v) is 11.4. The number of aromatic nitrogens is 1. The third kappa shape index (κ3) is 4.91. The lowest BCUT2D eigenvalue weighted by Gasteiger charge is -2.21. The Labute approximate surface area is 199 Å². The predicted octanol–water partition coefficient (Wildman–Crippen LogP) is 5.53. The second-order valence-electron chi connectivity index (χ2n) is 8.05. The number of aryl methyl sites for hydroxylation is 1. The van der Waals surface area contributed by atoms with E-state index in [1.165, 1.54) is 6.21 Å². The highest BCUT2D eigenvalue weighted by Crippen LogP contribution is 2.26. The number of hydrazone groups is 1. The molecule has 0 fully saturated rings. The average Bonchev–Trinajstić information content (AvgIpc) is 2.85. The fourth-order valence-electron chi connectivity index (χ4n) is 3.88. The number of fused-ring (bicyclic) bond motifs is 1. The molecule has 0 spiro atoms. The number of aromatic hydroxyl groups is 1. The van der Waals surface area contributed by atoms with Crippen molar-refractivity contribution in [2.24, 2.45) is 5.10 Å². The number of phenols is 1. The number of nitrogens with one attached hydrogen (secondary N) is 1. The standard InChI is InChI=1S/C28H28N4O2/c1-4-32(5-2)22-15-14-21(27(33)16-22)18-29-31-28(34)24-17-26(20-12-10-19(3)11-13-20)30-25-9-7-6-8-23(24)25/h6-18,33H,4-5H2,1-3H3,(H,31,34)/b29-18+. The Kier molecular flexibility index (Phi) is 6.87. The molecule has 0 aliphatic carbocycles. The monoisotopic (exact) mass is 452 g/mol. The third-order valence-electron chi connectivity index (χ3n) is 5.82. The molecule has 1 aromatic heterocycles. The van der Waals surface area contributed by atoms with Gasteiger partial charge in [0.15, 0.2) is 0 Å². The maximum absolute atomic E-state index is 13.1. The molecule has 1 heterocycles. The van der Waals surface area contributed by atoms with Gasteiger partial charge in [-0.05, 0) is 45.0 Å². The fraction of sp³-hybridized carbons (Fsp3) is 0.179. The normalized spacial score (nSPS) is 11.1. The summed E-state index contributed by atoms with van der Waals surface area (Å²) in [7, 11) is 0. The van der Waals surface area contributed by atoms with Crippen molar-refractivity contribution in [3.63, 3.8) is 0 Å². The minimum absolute atomic E-state index is 0.110. The molecular weight excluding hydrogens is 424 g/mol. The predicted molar refractivity (Wildman–Crippen MR) is 139 cm³/mol. The number of pyridine rings is 1. The van der Waals surface area contributed by atoms with E-state index in [4.69, 9.17) is 4.98 Å². The van der Waals surface area contributed by atoms with Gasteiger partial charge in [-0.15, -0.1) is 0 Å². The average molecular weight is 453 g/mol. The Morgan fingerprint density at radius 3 is 2.47 bits per heavy atom. The summed E-state index contributed by atoms with van der Waals surface area (Å²) in [6.45, 7) is 7.87. The second kappa shape index (κ2) is 10.2. The van der Waals surface area contributed by atoms with Crippen LogP contribution in [0, 0.1) is 6.92 Å². The highest BCUT2D eigenvalue weighted by atomic mass is 16.3. The van der Waals surface area contributed by atoms with Gasteiger partial charge in [0.05, 0.1) is 23.0 Å². The molecule has 4 rings (SSSR count). The van der Waals surface area contributed by atoms with E-state index >= 15 is 0 Å². The molecule has 0 unspecified atom stereocenters. The first kappa shape index (κ1) is 23.0. The Morgan fingerprint density at radius 2 is 1.76 bits per heavy atom. The number of hydrogen-bond donors (Lipinski definition) is 2. The number of nitrogens with zero attached hydrogens (tertiary/aromatic N) is 3. The van der Waals surface area contributed by atoms with Gasteiger partial charge in [0.1, 0.15) is 5.75 Å². The summed E-state index contributed by atoms with van der Waals surface area (Å²) in [6.07, 6.45) is 1.45. The molecule has 0 saturated heterocycles. The number of para-hydroxylation sites is 1. The molecule has 0 aliphatic heterocycles. The molecule has 0 bridgehead atoms. The molecule has 1 amide bonds. The Hall–Kier alpha value is -4.19. The summed E-state index contributed by atoms with van der Waals surface area (Å²) in [4.78, 5) is 20.0. The zero-order valence-corrected chi connectivity index (χ0v) is 19.6. The summed E-state index contributed by atoms with van der Waals surface area (Å²) in [5.41, 5.74) is 8.10. The summed E-state index contributed by atoms with van der Waals surface area (Å²) < 4.78 is 0.